The maximum atomic E-state index is 13.5. The minimum atomic E-state index is 0.0170. The van der Waals surface area contributed by atoms with Crippen molar-refractivity contribution >= 4 is 27.3 Å². The lowest BCUT2D eigenvalue weighted by Crippen LogP contribution is -2.27. The van der Waals surface area contributed by atoms with E-state index in [0.717, 1.165) is 35.2 Å². The van der Waals surface area contributed by atoms with E-state index in [1.54, 1.807) is 22.2 Å². The predicted octanol–water partition coefficient (Wildman–Crippen LogP) is 4.25. The van der Waals surface area contributed by atoms with Crippen LogP contribution in [0.2, 0.25) is 0 Å². The first-order valence-electron chi connectivity index (χ1n) is 9.39. The Morgan fingerprint density at radius 1 is 1.19 bits per heavy atom. The molecule has 3 heterocycles. The second kappa shape index (κ2) is 5.76. The molecule has 0 bridgehead atoms. The molecule has 0 aliphatic heterocycles. The average molecular weight is 379 g/mol. The maximum absolute atomic E-state index is 13.5. The first-order valence-corrected chi connectivity index (χ1v) is 10.2. The van der Waals surface area contributed by atoms with Crippen LogP contribution in [-0.2, 0) is 12.8 Å². The molecular weight excluding hydrogens is 356 g/mol. The first-order chi connectivity index (χ1) is 12.9. The van der Waals surface area contributed by atoms with E-state index in [-0.39, 0.29) is 11.0 Å². The summed E-state index contributed by atoms with van der Waals surface area (Å²) >= 11 is 1.74. The summed E-state index contributed by atoms with van der Waals surface area (Å²) in [5.74, 6) is 1.22. The van der Waals surface area contributed by atoms with Gasteiger partial charge < -0.3 is 0 Å². The fraction of sp³-hybridized carbons (Fsp3) is 0.381. The summed E-state index contributed by atoms with van der Waals surface area (Å²) in [6.07, 6.45) is 4.87. The van der Waals surface area contributed by atoms with Crippen LogP contribution in [0.4, 0.5) is 0 Å². The summed E-state index contributed by atoms with van der Waals surface area (Å²) in [6, 6.07) is 9.71. The molecule has 27 heavy (non-hydrogen) atoms. The van der Waals surface area contributed by atoms with Gasteiger partial charge in [-0.05, 0) is 48.3 Å². The molecule has 0 saturated heterocycles. The molecule has 0 unspecified atom stereocenters. The standard InChI is InChI=1S/C21H22N4OS/c1-21(2,3)13-9-10-15-16(11-13)27-19-17(15)18(26)25(14-7-5-4-6-8-14)20-23-22-12-24(19)20/h4-8,12-13H,9-11H2,1-3H3/t13-/m0/s1. The Labute approximate surface area is 161 Å². The van der Waals surface area contributed by atoms with E-state index >= 15 is 0 Å². The number of aryl methyl sites for hydroxylation is 1. The lowest BCUT2D eigenvalue weighted by molar-refractivity contribution is 0.218. The number of fused-ring (bicyclic) bond motifs is 5. The highest BCUT2D eigenvalue weighted by atomic mass is 32.1. The van der Waals surface area contributed by atoms with Gasteiger partial charge in [-0.3, -0.25) is 9.20 Å². The molecule has 0 amide bonds. The average Bonchev–Trinajstić information content (AvgIpc) is 3.25. The summed E-state index contributed by atoms with van der Waals surface area (Å²) in [4.78, 5) is 15.9. The minimum Gasteiger partial charge on any atom is -0.268 e. The Morgan fingerprint density at radius 3 is 2.70 bits per heavy atom. The van der Waals surface area contributed by atoms with E-state index in [4.69, 9.17) is 0 Å². The van der Waals surface area contributed by atoms with Crippen LogP contribution in [-0.4, -0.2) is 19.2 Å². The highest BCUT2D eigenvalue weighted by Gasteiger charge is 2.32. The number of rotatable bonds is 1. The molecule has 4 aromatic rings. The van der Waals surface area contributed by atoms with Crippen LogP contribution in [0.15, 0.2) is 41.5 Å². The highest BCUT2D eigenvalue weighted by Crippen LogP contribution is 2.42. The smallest absolute Gasteiger partial charge is 0.268 e. The first kappa shape index (κ1) is 16.7. The van der Waals surface area contributed by atoms with Crippen LogP contribution in [0.1, 0.15) is 37.6 Å². The molecule has 0 fully saturated rings. The monoisotopic (exact) mass is 378 g/mol. The normalized spacial score (nSPS) is 17.5. The van der Waals surface area contributed by atoms with Crippen molar-refractivity contribution in [2.45, 2.75) is 40.0 Å². The van der Waals surface area contributed by atoms with Gasteiger partial charge in [0.2, 0.25) is 5.78 Å². The molecule has 6 heteroatoms. The number of hydrogen-bond donors (Lipinski definition) is 0. The zero-order chi connectivity index (χ0) is 18.8. The Bertz CT molecular complexity index is 1210. The van der Waals surface area contributed by atoms with Crippen LogP contribution >= 0.6 is 11.3 Å². The molecule has 1 aromatic carbocycles. The minimum absolute atomic E-state index is 0.0170. The Hall–Kier alpha value is -2.47. The van der Waals surface area contributed by atoms with Gasteiger partial charge in [-0.1, -0.05) is 39.0 Å². The zero-order valence-electron chi connectivity index (χ0n) is 15.8. The van der Waals surface area contributed by atoms with E-state index in [1.807, 2.05) is 34.7 Å². The fourth-order valence-electron chi connectivity index (χ4n) is 4.24. The molecule has 0 saturated carbocycles. The maximum Gasteiger partial charge on any atom is 0.268 e. The highest BCUT2D eigenvalue weighted by molar-refractivity contribution is 7.18. The zero-order valence-corrected chi connectivity index (χ0v) is 16.6. The van der Waals surface area contributed by atoms with Crippen molar-refractivity contribution in [3.05, 3.63) is 57.5 Å². The van der Waals surface area contributed by atoms with Crippen LogP contribution in [0, 0.1) is 11.3 Å². The number of hydrogen-bond acceptors (Lipinski definition) is 4. The molecule has 0 N–H and O–H groups in total. The summed E-state index contributed by atoms with van der Waals surface area (Å²) < 4.78 is 3.66. The quantitative estimate of drug-likeness (QED) is 0.498. The molecule has 5 nitrogen and oxygen atoms in total. The molecule has 1 aliphatic carbocycles. The van der Waals surface area contributed by atoms with Crippen LogP contribution in [0.3, 0.4) is 0 Å². The molecule has 138 valence electrons. The van der Waals surface area contributed by atoms with E-state index in [1.165, 1.54) is 10.4 Å². The van der Waals surface area contributed by atoms with Crippen LogP contribution in [0.25, 0.3) is 21.7 Å². The van der Waals surface area contributed by atoms with Gasteiger partial charge in [0.1, 0.15) is 11.2 Å². The number of nitrogens with zero attached hydrogens (tertiary/aromatic N) is 4. The van der Waals surface area contributed by atoms with Gasteiger partial charge in [-0.15, -0.1) is 21.5 Å². The van der Waals surface area contributed by atoms with Gasteiger partial charge in [-0.2, -0.15) is 0 Å². The number of benzene rings is 1. The number of aromatic nitrogens is 4. The third-order valence-corrected chi connectivity index (χ3v) is 7.10. The predicted molar refractivity (Wildman–Crippen MR) is 109 cm³/mol. The number of thiophene rings is 1. The molecule has 0 radical (unpaired) electrons. The van der Waals surface area contributed by atoms with Crippen molar-refractivity contribution in [3.63, 3.8) is 0 Å². The summed E-state index contributed by atoms with van der Waals surface area (Å²) in [5, 5.41) is 9.19. The van der Waals surface area contributed by atoms with Crippen molar-refractivity contribution in [1.29, 1.82) is 0 Å². The van der Waals surface area contributed by atoms with Crippen molar-refractivity contribution in [2.24, 2.45) is 11.3 Å². The van der Waals surface area contributed by atoms with Crippen molar-refractivity contribution < 1.29 is 0 Å². The summed E-state index contributed by atoms with van der Waals surface area (Å²) in [7, 11) is 0. The second-order valence-electron chi connectivity index (χ2n) is 8.47. The second-order valence-corrected chi connectivity index (χ2v) is 9.55. The van der Waals surface area contributed by atoms with Gasteiger partial charge in [0.05, 0.1) is 11.1 Å². The van der Waals surface area contributed by atoms with Gasteiger partial charge in [-0.25, -0.2) is 4.57 Å². The van der Waals surface area contributed by atoms with Crippen molar-refractivity contribution in [2.75, 3.05) is 0 Å². The molecule has 1 aliphatic rings. The molecule has 1 atom stereocenters. The van der Waals surface area contributed by atoms with Gasteiger partial charge in [0.25, 0.3) is 5.56 Å². The van der Waals surface area contributed by atoms with E-state index < -0.39 is 0 Å². The third kappa shape index (κ3) is 2.46. The number of para-hydroxylation sites is 1. The summed E-state index contributed by atoms with van der Waals surface area (Å²) in [6.45, 7) is 6.95. The van der Waals surface area contributed by atoms with Crippen LogP contribution < -0.4 is 5.56 Å². The van der Waals surface area contributed by atoms with Crippen molar-refractivity contribution in [1.82, 2.24) is 19.2 Å². The topological polar surface area (TPSA) is 52.2 Å². The van der Waals surface area contributed by atoms with Gasteiger partial charge in [0.15, 0.2) is 0 Å². The largest absolute Gasteiger partial charge is 0.268 e. The lowest BCUT2D eigenvalue weighted by atomic mass is 9.72. The fourth-order valence-corrected chi connectivity index (χ4v) is 5.62. The van der Waals surface area contributed by atoms with Crippen LogP contribution in [0.5, 0.6) is 0 Å². The molecular formula is C21H22N4OS. The van der Waals surface area contributed by atoms with Gasteiger partial charge in [0, 0.05) is 4.88 Å². The molecule has 5 rings (SSSR count). The lowest BCUT2D eigenvalue weighted by Gasteiger charge is -2.33. The summed E-state index contributed by atoms with van der Waals surface area (Å²) in [5.41, 5.74) is 2.36. The Balaban J connectivity index is 1.82. The van der Waals surface area contributed by atoms with E-state index in [0.29, 0.717) is 11.7 Å². The van der Waals surface area contributed by atoms with E-state index in [2.05, 4.69) is 31.0 Å². The molecule has 3 aromatic heterocycles. The molecule has 0 spiro atoms. The SMILES string of the molecule is CC(C)(C)[C@H]1CCc2c(sc3c2c(=O)n(-c2ccccc2)c2nncn32)C1. The van der Waals surface area contributed by atoms with E-state index in [9.17, 15) is 4.79 Å². The van der Waals surface area contributed by atoms with Gasteiger partial charge >= 0.3 is 0 Å². The Morgan fingerprint density at radius 2 is 1.96 bits per heavy atom. The third-order valence-electron chi connectivity index (χ3n) is 5.85. The Kier molecular flexibility index (Phi) is 3.56. The van der Waals surface area contributed by atoms with Crippen molar-refractivity contribution in [3.8, 4) is 5.69 Å².